The minimum absolute atomic E-state index is 0.0206. The molecule has 1 aliphatic rings. The fourth-order valence-electron chi connectivity index (χ4n) is 3.20. The van der Waals surface area contributed by atoms with Crippen LogP contribution in [0.4, 0.5) is 0 Å². The van der Waals surface area contributed by atoms with Crippen molar-refractivity contribution in [3.8, 4) is 5.75 Å². The van der Waals surface area contributed by atoms with Crippen LogP contribution in [0, 0.1) is 11.3 Å². The summed E-state index contributed by atoms with van der Waals surface area (Å²) < 4.78 is 38.2. The maximum atomic E-state index is 12.7. The van der Waals surface area contributed by atoms with Crippen molar-refractivity contribution in [2.45, 2.75) is 31.8 Å². The topological polar surface area (TPSA) is 98.8 Å². The molecule has 1 fully saturated rings. The molecule has 0 bridgehead atoms. The maximum Gasteiger partial charge on any atom is 0.338 e. The quantitative estimate of drug-likeness (QED) is 0.471. The third kappa shape index (κ3) is 5.14. The summed E-state index contributed by atoms with van der Waals surface area (Å²) in [5, 5.41) is 0. The highest BCUT2D eigenvalue weighted by Crippen LogP contribution is 2.53. The van der Waals surface area contributed by atoms with Crippen LogP contribution < -0.4 is 9.46 Å². The molecule has 2 aromatic rings. The lowest BCUT2D eigenvalue weighted by Gasteiger charge is -2.13. The molecule has 164 valence electrons. The van der Waals surface area contributed by atoms with Crippen LogP contribution in [0.2, 0.25) is 0 Å². The first-order chi connectivity index (χ1) is 14.7. The number of benzene rings is 2. The summed E-state index contributed by atoms with van der Waals surface area (Å²) in [7, 11) is -4.01. The highest BCUT2D eigenvalue weighted by atomic mass is 32.2. The van der Waals surface area contributed by atoms with Gasteiger partial charge in [0.2, 0.25) is 5.91 Å². The standard InChI is InChI=1S/C23H25NO6S/c1-4-18-14-23(18,3)22(26)24-31(27,28)20-11-6-8-16(12-20)15-30-19-10-7-9-17(13-19)21(25)29-5-2/h4,6-13,18H,1,5,14-15H2,2-3H3,(H,24,26)/t18-,23+/m1/s1. The van der Waals surface area contributed by atoms with Gasteiger partial charge in [-0.15, -0.1) is 6.58 Å². The van der Waals surface area contributed by atoms with Crippen LogP contribution in [0.15, 0.2) is 66.1 Å². The largest absolute Gasteiger partial charge is 0.489 e. The van der Waals surface area contributed by atoms with Gasteiger partial charge in [0.25, 0.3) is 10.0 Å². The molecule has 2 aromatic carbocycles. The lowest BCUT2D eigenvalue weighted by Crippen LogP contribution is -2.36. The highest BCUT2D eigenvalue weighted by molar-refractivity contribution is 7.90. The van der Waals surface area contributed by atoms with Gasteiger partial charge in [-0.2, -0.15) is 0 Å². The van der Waals surface area contributed by atoms with E-state index in [1.807, 2.05) is 0 Å². The first kappa shape index (κ1) is 22.6. The van der Waals surface area contributed by atoms with Crippen molar-refractivity contribution in [3.63, 3.8) is 0 Å². The van der Waals surface area contributed by atoms with Gasteiger partial charge in [0.15, 0.2) is 0 Å². The molecule has 0 radical (unpaired) electrons. The molecule has 0 saturated heterocycles. The lowest BCUT2D eigenvalue weighted by molar-refractivity contribution is -0.124. The van der Waals surface area contributed by atoms with E-state index in [0.29, 0.717) is 23.3 Å². The van der Waals surface area contributed by atoms with Crippen LogP contribution in [0.3, 0.4) is 0 Å². The summed E-state index contributed by atoms with van der Waals surface area (Å²) >= 11 is 0. The second-order valence-electron chi connectivity index (χ2n) is 7.58. The lowest BCUT2D eigenvalue weighted by atomic mass is 10.1. The fourth-order valence-corrected chi connectivity index (χ4v) is 4.36. The van der Waals surface area contributed by atoms with Crippen LogP contribution >= 0.6 is 0 Å². The number of hydrogen-bond acceptors (Lipinski definition) is 6. The summed E-state index contributed by atoms with van der Waals surface area (Å²) in [4.78, 5) is 24.2. The van der Waals surface area contributed by atoms with Crippen LogP contribution in [-0.2, 0) is 26.2 Å². The molecule has 0 aliphatic heterocycles. The minimum atomic E-state index is -4.01. The Morgan fingerprint density at radius 2 is 1.97 bits per heavy atom. The van der Waals surface area contributed by atoms with Crippen LogP contribution in [0.5, 0.6) is 5.75 Å². The second-order valence-corrected chi connectivity index (χ2v) is 9.27. The summed E-state index contributed by atoms with van der Waals surface area (Å²) in [5.74, 6) is -0.549. The van der Waals surface area contributed by atoms with Crippen molar-refractivity contribution < 1.29 is 27.5 Å². The summed E-state index contributed by atoms with van der Waals surface area (Å²) in [6.07, 6.45) is 2.25. The predicted octanol–water partition coefficient (Wildman–Crippen LogP) is 3.46. The summed E-state index contributed by atoms with van der Waals surface area (Å²) in [6.45, 7) is 7.47. The minimum Gasteiger partial charge on any atom is -0.489 e. The molecule has 1 saturated carbocycles. The van der Waals surface area contributed by atoms with Gasteiger partial charge in [0.1, 0.15) is 12.4 Å². The number of sulfonamides is 1. The third-order valence-corrected chi connectivity index (χ3v) is 6.62. The van der Waals surface area contributed by atoms with Gasteiger partial charge in [0.05, 0.1) is 22.5 Å². The number of carbonyl (C=O) groups is 2. The number of nitrogens with one attached hydrogen (secondary N) is 1. The molecule has 0 heterocycles. The van der Waals surface area contributed by atoms with Crippen molar-refractivity contribution in [2.24, 2.45) is 11.3 Å². The van der Waals surface area contributed by atoms with Crippen molar-refractivity contribution in [1.29, 1.82) is 0 Å². The molecular weight excluding hydrogens is 418 g/mol. The molecule has 0 unspecified atom stereocenters. The molecule has 1 amide bonds. The van der Waals surface area contributed by atoms with Crippen molar-refractivity contribution in [1.82, 2.24) is 4.72 Å². The van der Waals surface area contributed by atoms with E-state index in [-0.39, 0.29) is 24.0 Å². The Morgan fingerprint density at radius 3 is 2.65 bits per heavy atom. The Hall–Kier alpha value is -3.13. The van der Waals surface area contributed by atoms with E-state index >= 15 is 0 Å². The number of carbonyl (C=O) groups excluding carboxylic acids is 2. The van der Waals surface area contributed by atoms with E-state index in [9.17, 15) is 18.0 Å². The van der Waals surface area contributed by atoms with E-state index in [2.05, 4.69) is 11.3 Å². The zero-order valence-corrected chi connectivity index (χ0v) is 18.3. The Morgan fingerprint density at radius 1 is 1.23 bits per heavy atom. The monoisotopic (exact) mass is 443 g/mol. The Bertz CT molecular complexity index is 1110. The molecule has 2 atom stereocenters. The van der Waals surface area contributed by atoms with E-state index in [0.717, 1.165) is 0 Å². The normalized spacial score (nSPS) is 19.9. The number of ether oxygens (including phenoxy) is 2. The van der Waals surface area contributed by atoms with Gasteiger partial charge >= 0.3 is 5.97 Å². The third-order valence-electron chi connectivity index (χ3n) is 5.29. The number of rotatable bonds is 9. The van der Waals surface area contributed by atoms with Crippen LogP contribution in [0.1, 0.15) is 36.2 Å². The number of hydrogen-bond donors (Lipinski definition) is 1. The number of amides is 1. The molecule has 31 heavy (non-hydrogen) atoms. The molecule has 8 heteroatoms. The average molecular weight is 444 g/mol. The number of allylic oxidation sites excluding steroid dienone is 1. The molecular formula is C23H25NO6S. The van der Waals surface area contributed by atoms with Gasteiger partial charge in [-0.3, -0.25) is 4.79 Å². The highest BCUT2D eigenvalue weighted by Gasteiger charge is 2.55. The maximum absolute atomic E-state index is 12.7. The predicted molar refractivity (Wildman–Crippen MR) is 115 cm³/mol. The van der Waals surface area contributed by atoms with E-state index in [1.54, 1.807) is 56.3 Å². The Kier molecular flexibility index (Phi) is 6.50. The van der Waals surface area contributed by atoms with E-state index in [4.69, 9.17) is 9.47 Å². The van der Waals surface area contributed by atoms with Gasteiger partial charge in [-0.1, -0.05) is 31.2 Å². The molecule has 0 aromatic heterocycles. The Balaban J connectivity index is 1.68. The van der Waals surface area contributed by atoms with Crippen LogP contribution in [0.25, 0.3) is 0 Å². The zero-order valence-electron chi connectivity index (χ0n) is 17.5. The van der Waals surface area contributed by atoms with Gasteiger partial charge in [0, 0.05) is 0 Å². The molecule has 1 aliphatic carbocycles. The van der Waals surface area contributed by atoms with Gasteiger partial charge in [-0.25, -0.2) is 17.9 Å². The van der Waals surface area contributed by atoms with Crippen LogP contribution in [-0.4, -0.2) is 26.9 Å². The van der Waals surface area contributed by atoms with Crippen molar-refractivity contribution in [3.05, 3.63) is 72.3 Å². The first-order valence-corrected chi connectivity index (χ1v) is 11.4. The second kappa shape index (κ2) is 8.93. The molecule has 7 nitrogen and oxygen atoms in total. The average Bonchev–Trinajstić information content (AvgIpc) is 3.44. The van der Waals surface area contributed by atoms with Crippen molar-refractivity contribution >= 4 is 21.9 Å². The van der Waals surface area contributed by atoms with Crippen molar-refractivity contribution in [2.75, 3.05) is 6.61 Å². The molecule has 3 rings (SSSR count). The van der Waals surface area contributed by atoms with Gasteiger partial charge < -0.3 is 9.47 Å². The smallest absolute Gasteiger partial charge is 0.338 e. The number of esters is 1. The SMILES string of the molecule is C=C[C@@H]1C[C@]1(C)C(=O)NS(=O)(=O)c1cccc(COc2cccc(C(=O)OCC)c2)c1. The summed E-state index contributed by atoms with van der Waals surface area (Å²) in [5.41, 5.74) is 0.225. The fraction of sp³-hybridized carbons (Fsp3) is 0.304. The molecule has 0 spiro atoms. The first-order valence-electron chi connectivity index (χ1n) is 9.88. The van der Waals surface area contributed by atoms with E-state index < -0.39 is 27.3 Å². The van der Waals surface area contributed by atoms with E-state index in [1.165, 1.54) is 12.1 Å². The van der Waals surface area contributed by atoms with Gasteiger partial charge in [-0.05, 0) is 55.2 Å². The summed E-state index contributed by atoms with van der Waals surface area (Å²) in [6, 6.07) is 12.7. The molecule has 1 N–H and O–H groups in total. The Labute approximate surface area is 182 Å². The zero-order chi connectivity index (χ0) is 22.6.